The first-order valence-electron chi connectivity index (χ1n) is 6.91. The van der Waals surface area contributed by atoms with Crippen molar-refractivity contribution in [3.63, 3.8) is 0 Å². The molecule has 98 valence electrons. The fraction of sp³-hybridized carbons (Fsp3) is 0.923. The second-order valence-corrected chi connectivity index (χ2v) is 5.42. The first kappa shape index (κ1) is 12.8. The van der Waals surface area contributed by atoms with Crippen molar-refractivity contribution >= 4 is 5.91 Å². The number of hydrogen-bond acceptors (Lipinski definition) is 3. The Morgan fingerprint density at radius 2 is 2.29 bits per heavy atom. The molecule has 0 spiro atoms. The number of hydrogen-bond donors (Lipinski definition) is 1. The van der Waals surface area contributed by atoms with E-state index < -0.39 is 0 Å². The van der Waals surface area contributed by atoms with Crippen molar-refractivity contribution in [2.75, 3.05) is 39.8 Å². The van der Waals surface area contributed by atoms with E-state index in [4.69, 9.17) is 0 Å². The van der Waals surface area contributed by atoms with Crippen LogP contribution in [0.5, 0.6) is 0 Å². The van der Waals surface area contributed by atoms with Crippen LogP contribution in [-0.2, 0) is 4.79 Å². The van der Waals surface area contributed by atoms with Crippen molar-refractivity contribution in [3.8, 4) is 0 Å². The average Bonchev–Trinajstić information content (AvgIpc) is 2.96. The van der Waals surface area contributed by atoms with Crippen LogP contribution < -0.4 is 5.32 Å². The molecule has 2 saturated heterocycles. The van der Waals surface area contributed by atoms with Crippen LogP contribution in [0.4, 0.5) is 0 Å². The lowest BCUT2D eigenvalue weighted by Crippen LogP contribution is -2.44. The molecule has 2 rings (SSSR count). The maximum absolute atomic E-state index is 12.4. The molecule has 0 bridgehead atoms. The highest BCUT2D eigenvalue weighted by molar-refractivity contribution is 5.79. The maximum atomic E-state index is 12.4. The van der Waals surface area contributed by atoms with Crippen LogP contribution in [-0.4, -0.2) is 61.5 Å². The molecule has 17 heavy (non-hydrogen) atoms. The highest BCUT2D eigenvalue weighted by atomic mass is 16.2. The molecule has 1 N–H and O–H groups in total. The van der Waals surface area contributed by atoms with Crippen LogP contribution in [0.3, 0.4) is 0 Å². The number of likely N-dealkylation sites (tertiary alicyclic amines) is 1. The molecular weight excluding hydrogens is 214 g/mol. The van der Waals surface area contributed by atoms with Crippen molar-refractivity contribution in [1.82, 2.24) is 15.1 Å². The van der Waals surface area contributed by atoms with Crippen LogP contribution in [0.1, 0.15) is 26.2 Å². The minimum atomic E-state index is 0.237. The summed E-state index contributed by atoms with van der Waals surface area (Å²) in [6.45, 7) is 6.95. The number of nitrogens with one attached hydrogen (secondary N) is 1. The molecule has 2 aliphatic heterocycles. The van der Waals surface area contributed by atoms with E-state index in [0.29, 0.717) is 11.9 Å². The van der Waals surface area contributed by atoms with E-state index in [2.05, 4.69) is 24.2 Å². The van der Waals surface area contributed by atoms with Crippen molar-refractivity contribution in [2.24, 2.45) is 5.92 Å². The molecule has 2 unspecified atom stereocenters. The number of carbonyl (C=O) groups excluding carboxylic acids is 1. The number of nitrogens with zero attached hydrogens (tertiary/aromatic N) is 2. The van der Waals surface area contributed by atoms with Crippen LogP contribution >= 0.6 is 0 Å². The molecule has 2 atom stereocenters. The Bertz CT molecular complexity index is 263. The molecule has 2 fully saturated rings. The lowest BCUT2D eigenvalue weighted by Gasteiger charge is -2.27. The van der Waals surface area contributed by atoms with E-state index in [1.54, 1.807) is 0 Å². The molecule has 4 nitrogen and oxygen atoms in total. The third-order valence-electron chi connectivity index (χ3n) is 4.04. The molecule has 4 heteroatoms. The van der Waals surface area contributed by atoms with Crippen molar-refractivity contribution in [3.05, 3.63) is 0 Å². The SMILES string of the molecule is CCN(CC1CCCN1)C(=O)C1CCN(C)C1. The van der Waals surface area contributed by atoms with Crippen LogP contribution in [0.15, 0.2) is 0 Å². The summed E-state index contributed by atoms with van der Waals surface area (Å²) in [5, 5.41) is 3.47. The molecule has 2 heterocycles. The second kappa shape index (κ2) is 5.83. The van der Waals surface area contributed by atoms with Crippen molar-refractivity contribution in [1.29, 1.82) is 0 Å². The van der Waals surface area contributed by atoms with Gasteiger partial charge in [0, 0.05) is 25.7 Å². The van der Waals surface area contributed by atoms with E-state index in [1.165, 1.54) is 12.8 Å². The van der Waals surface area contributed by atoms with Gasteiger partial charge in [0.05, 0.1) is 5.92 Å². The first-order chi connectivity index (χ1) is 8.20. The Kier molecular flexibility index (Phi) is 4.40. The number of carbonyl (C=O) groups is 1. The third kappa shape index (κ3) is 3.19. The predicted molar refractivity (Wildman–Crippen MR) is 68.9 cm³/mol. The van der Waals surface area contributed by atoms with Gasteiger partial charge in [-0.1, -0.05) is 0 Å². The fourth-order valence-corrected chi connectivity index (χ4v) is 2.95. The summed E-state index contributed by atoms with van der Waals surface area (Å²) in [6, 6.07) is 0.526. The van der Waals surface area contributed by atoms with Gasteiger partial charge in [-0.3, -0.25) is 4.79 Å². The first-order valence-corrected chi connectivity index (χ1v) is 6.91. The van der Waals surface area contributed by atoms with Crippen molar-refractivity contribution in [2.45, 2.75) is 32.2 Å². The second-order valence-electron chi connectivity index (χ2n) is 5.42. The van der Waals surface area contributed by atoms with Gasteiger partial charge in [0.2, 0.25) is 5.91 Å². The van der Waals surface area contributed by atoms with Crippen LogP contribution in [0, 0.1) is 5.92 Å². The molecule has 0 aromatic heterocycles. The molecule has 2 aliphatic rings. The van der Waals surface area contributed by atoms with Gasteiger partial charge in [-0.05, 0) is 46.3 Å². The highest BCUT2D eigenvalue weighted by Crippen LogP contribution is 2.18. The predicted octanol–water partition coefficient (Wildman–Crippen LogP) is 0.539. The summed E-state index contributed by atoms with van der Waals surface area (Å²) in [4.78, 5) is 16.7. The number of amides is 1. The summed E-state index contributed by atoms with van der Waals surface area (Å²) < 4.78 is 0. The van der Waals surface area contributed by atoms with Gasteiger partial charge in [-0.25, -0.2) is 0 Å². The molecule has 0 radical (unpaired) electrons. The molecule has 0 aromatic carbocycles. The minimum Gasteiger partial charge on any atom is -0.341 e. The molecule has 1 amide bonds. The average molecular weight is 239 g/mol. The van der Waals surface area contributed by atoms with E-state index in [0.717, 1.165) is 39.1 Å². The summed E-state index contributed by atoms with van der Waals surface area (Å²) in [6.07, 6.45) is 3.50. The number of rotatable bonds is 4. The van der Waals surface area contributed by atoms with Gasteiger partial charge in [-0.2, -0.15) is 0 Å². The van der Waals surface area contributed by atoms with Gasteiger partial charge < -0.3 is 15.1 Å². The zero-order chi connectivity index (χ0) is 12.3. The lowest BCUT2D eigenvalue weighted by atomic mass is 10.1. The van der Waals surface area contributed by atoms with E-state index in [-0.39, 0.29) is 5.92 Å². The Labute approximate surface area is 104 Å². The van der Waals surface area contributed by atoms with E-state index in [1.807, 2.05) is 4.90 Å². The Hall–Kier alpha value is -0.610. The van der Waals surface area contributed by atoms with Crippen molar-refractivity contribution < 1.29 is 4.79 Å². The Balaban J connectivity index is 1.86. The number of likely N-dealkylation sites (N-methyl/N-ethyl adjacent to an activating group) is 1. The van der Waals surface area contributed by atoms with Gasteiger partial charge in [-0.15, -0.1) is 0 Å². The molecule has 0 saturated carbocycles. The maximum Gasteiger partial charge on any atom is 0.227 e. The fourth-order valence-electron chi connectivity index (χ4n) is 2.95. The molecule has 0 aromatic rings. The molecule has 0 aliphatic carbocycles. The zero-order valence-corrected chi connectivity index (χ0v) is 11.1. The standard InChI is InChI=1S/C13H25N3O/c1-3-16(10-12-5-4-7-14-12)13(17)11-6-8-15(2)9-11/h11-12,14H,3-10H2,1-2H3. The monoisotopic (exact) mass is 239 g/mol. The lowest BCUT2D eigenvalue weighted by molar-refractivity contribution is -0.135. The van der Waals surface area contributed by atoms with E-state index >= 15 is 0 Å². The summed E-state index contributed by atoms with van der Waals surface area (Å²) in [5.74, 6) is 0.604. The van der Waals surface area contributed by atoms with Gasteiger partial charge in [0.25, 0.3) is 0 Å². The summed E-state index contributed by atoms with van der Waals surface area (Å²) in [7, 11) is 2.10. The Morgan fingerprint density at radius 3 is 2.82 bits per heavy atom. The van der Waals surface area contributed by atoms with Gasteiger partial charge in [0.1, 0.15) is 0 Å². The zero-order valence-electron chi connectivity index (χ0n) is 11.1. The Morgan fingerprint density at radius 1 is 1.47 bits per heavy atom. The van der Waals surface area contributed by atoms with Gasteiger partial charge >= 0.3 is 0 Å². The third-order valence-corrected chi connectivity index (χ3v) is 4.04. The highest BCUT2D eigenvalue weighted by Gasteiger charge is 2.30. The quantitative estimate of drug-likeness (QED) is 0.778. The van der Waals surface area contributed by atoms with Gasteiger partial charge in [0.15, 0.2) is 0 Å². The topological polar surface area (TPSA) is 35.6 Å². The van der Waals surface area contributed by atoms with Crippen LogP contribution in [0.2, 0.25) is 0 Å². The smallest absolute Gasteiger partial charge is 0.227 e. The van der Waals surface area contributed by atoms with Crippen LogP contribution in [0.25, 0.3) is 0 Å². The largest absolute Gasteiger partial charge is 0.341 e. The van der Waals surface area contributed by atoms with E-state index in [9.17, 15) is 4.79 Å². The summed E-state index contributed by atoms with van der Waals surface area (Å²) in [5.41, 5.74) is 0. The normalized spacial score (nSPS) is 29.8. The minimum absolute atomic E-state index is 0.237. The molecular formula is C13H25N3O. The summed E-state index contributed by atoms with van der Waals surface area (Å²) >= 11 is 0.